The third kappa shape index (κ3) is 2.00. The first-order valence-electron chi connectivity index (χ1n) is 4.43. The zero-order valence-corrected chi connectivity index (χ0v) is 10.7. The van der Waals surface area contributed by atoms with Crippen LogP contribution in [0.5, 0.6) is 0 Å². The Labute approximate surface area is 101 Å². The van der Waals surface area contributed by atoms with Crippen molar-refractivity contribution in [3.05, 3.63) is 32.5 Å². The number of aldehydes is 1. The van der Waals surface area contributed by atoms with Crippen molar-refractivity contribution >= 4 is 40.6 Å². The van der Waals surface area contributed by atoms with Crippen LogP contribution in [0.2, 0.25) is 4.34 Å². The molecule has 0 saturated carbocycles. The van der Waals surface area contributed by atoms with Gasteiger partial charge in [-0.3, -0.25) is 4.79 Å². The molecule has 2 aromatic heterocycles. The Hall–Kier alpha value is -0.640. The highest BCUT2D eigenvalue weighted by Gasteiger charge is 2.11. The number of rotatable bonds is 2. The first kappa shape index (κ1) is 10.9. The second-order valence-corrected chi connectivity index (χ2v) is 6.11. The van der Waals surface area contributed by atoms with Crippen LogP contribution in [-0.2, 0) is 0 Å². The van der Waals surface area contributed by atoms with Crippen molar-refractivity contribution in [2.45, 2.75) is 13.8 Å². The number of hydrogen-bond donors (Lipinski definition) is 0. The smallest absolute Gasteiger partial charge is 0.160 e. The number of carbonyl (C=O) groups is 1. The van der Waals surface area contributed by atoms with Gasteiger partial charge in [-0.25, -0.2) is 0 Å². The summed E-state index contributed by atoms with van der Waals surface area (Å²) in [5, 5.41) is 0. The Bertz CT molecular complexity index is 511. The fourth-order valence-corrected chi connectivity index (χ4v) is 3.86. The Kier molecular flexibility index (Phi) is 2.96. The minimum absolute atomic E-state index is 0.793. The zero-order chi connectivity index (χ0) is 11.0. The van der Waals surface area contributed by atoms with Gasteiger partial charge < -0.3 is 0 Å². The van der Waals surface area contributed by atoms with E-state index < -0.39 is 0 Å². The predicted octanol–water partition coefficient (Wildman–Crippen LogP) is 4.56. The summed E-state index contributed by atoms with van der Waals surface area (Å²) in [5.41, 5.74) is 2.21. The first-order chi connectivity index (χ1) is 7.11. The molecule has 2 heterocycles. The fraction of sp³-hybridized carbons (Fsp3) is 0.182. The van der Waals surface area contributed by atoms with E-state index in [4.69, 9.17) is 11.6 Å². The molecule has 0 unspecified atom stereocenters. The molecule has 0 N–H and O–H groups in total. The molecular formula is C11H9ClOS2. The summed E-state index contributed by atoms with van der Waals surface area (Å²) in [5.74, 6) is 0. The average Bonchev–Trinajstić information content (AvgIpc) is 2.69. The molecule has 0 aliphatic heterocycles. The number of halogens is 1. The van der Waals surface area contributed by atoms with Gasteiger partial charge in [0.05, 0.1) is 9.21 Å². The van der Waals surface area contributed by atoms with Crippen LogP contribution in [0, 0.1) is 13.8 Å². The van der Waals surface area contributed by atoms with Crippen molar-refractivity contribution in [1.82, 2.24) is 0 Å². The van der Waals surface area contributed by atoms with Gasteiger partial charge in [0.2, 0.25) is 0 Å². The molecule has 2 aromatic rings. The lowest BCUT2D eigenvalue weighted by atomic mass is 10.2. The molecule has 0 radical (unpaired) electrons. The maximum atomic E-state index is 10.7. The summed E-state index contributed by atoms with van der Waals surface area (Å²) in [7, 11) is 0. The SMILES string of the molecule is Cc1cc(-c2sc(Cl)cc2C)sc1C=O. The van der Waals surface area contributed by atoms with Crippen molar-refractivity contribution in [1.29, 1.82) is 0 Å². The van der Waals surface area contributed by atoms with E-state index in [1.165, 1.54) is 21.8 Å². The Morgan fingerprint density at radius 1 is 1.20 bits per heavy atom. The Morgan fingerprint density at radius 3 is 2.40 bits per heavy atom. The normalized spacial score (nSPS) is 10.6. The largest absolute Gasteiger partial charge is 0.297 e. The third-order valence-electron chi connectivity index (χ3n) is 2.17. The highest BCUT2D eigenvalue weighted by atomic mass is 35.5. The van der Waals surface area contributed by atoms with Crippen molar-refractivity contribution in [2.75, 3.05) is 0 Å². The van der Waals surface area contributed by atoms with Crippen LogP contribution in [0.1, 0.15) is 20.8 Å². The molecule has 2 rings (SSSR count). The molecule has 78 valence electrons. The van der Waals surface area contributed by atoms with Gasteiger partial charge in [-0.2, -0.15) is 0 Å². The van der Waals surface area contributed by atoms with E-state index >= 15 is 0 Å². The zero-order valence-electron chi connectivity index (χ0n) is 8.33. The molecule has 0 atom stereocenters. The number of thiophene rings is 2. The number of aryl methyl sites for hydroxylation is 2. The molecule has 0 amide bonds. The van der Waals surface area contributed by atoms with Crippen LogP contribution < -0.4 is 0 Å². The lowest BCUT2D eigenvalue weighted by molar-refractivity contribution is 0.112. The number of carbonyl (C=O) groups excluding carboxylic acids is 1. The van der Waals surface area contributed by atoms with Crippen molar-refractivity contribution in [2.24, 2.45) is 0 Å². The van der Waals surface area contributed by atoms with Crippen molar-refractivity contribution in [3.63, 3.8) is 0 Å². The molecule has 0 fully saturated rings. The van der Waals surface area contributed by atoms with Crippen LogP contribution in [0.25, 0.3) is 9.75 Å². The van der Waals surface area contributed by atoms with E-state index in [1.807, 2.05) is 26.0 Å². The average molecular weight is 257 g/mol. The Morgan fingerprint density at radius 2 is 1.93 bits per heavy atom. The van der Waals surface area contributed by atoms with Gasteiger partial charge in [0, 0.05) is 9.75 Å². The topological polar surface area (TPSA) is 17.1 Å². The highest BCUT2D eigenvalue weighted by Crippen LogP contribution is 2.39. The van der Waals surface area contributed by atoms with E-state index in [0.717, 1.165) is 25.9 Å². The second-order valence-electron chi connectivity index (χ2n) is 3.34. The molecule has 1 nitrogen and oxygen atoms in total. The molecule has 4 heteroatoms. The molecular weight excluding hydrogens is 248 g/mol. The van der Waals surface area contributed by atoms with Gasteiger partial charge in [0.15, 0.2) is 6.29 Å². The molecule has 0 bridgehead atoms. The van der Waals surface area contributed by atoms with E-state index in [0.29, 0.717) is 0 Å². The minimum atomic E-state index is 0.793. The van der Waals surface area contributed by atoms with Crippen molar-refractivity contribution in [3.8, 4) is 9.75 Å². The maximum absolute atomic E-state index is 10.7. The van der Waals surface area contributed by atoms with Gasteiger partial charge in [-0.1, -0.05) is 11.6 Å². The minimum Gasteiger partial charge on any atom is -0.297 e. The van der Waals surface area contributed by atoms with Gasteiger partial charge >= 0.3 is 0 Å². The monoisotopic (exact) mass is 256 g/mol. The molecule has 0 aliphatic rings. The van der Waals surface area contributed by atoms with Crippen LogP contribution in [0.3, 0.4) is 0 Å². The van der Waals surface area contributed by atoms with Gasteiger partial charge in [-0.05, 0) is 37.1 Å². The maximum Gasteiger partial charge on any atom is 0.160 e. The van der Waals surface area contributed by atoms with Crippen LogP contribution in [0.4, 0.5) is 0 Å². The first-order valence-corrected chi connectivity index (χ1v) is 6.45. The van der Waals surface area contributed by atoms with E-state index in [9.17, 15) is 4.79 Å². The lowest BCUT2D eigenvalue weighted by Crippen LogP contribution is -1.72. The molecule has 0 spiro atoms. The summed E-state index contributed by atoms with van der Waals surface area (Å²) in [4.78, 5) is 13.8. The quantitative estimate of drug-likeness (QED) is 0.720. The highest BCUT2D eigenvalue weighted by molar-refractivity contribution is 7.24. The summed E-state index contributed by atoms with van der Waals surface area (Å²) in [6, 6.07) is 4.00. The fourth-order valence-electron chi connectivity index (χ4n) is 1.41. The van der Waals surface area contributed by atoms with Crippen LogP contribution in [-0.4, -0.2) is 6.29 Å². The lowest BCUT2D eigenvalue weighted by Gasteiger charge is -1.92. The van der Waals surface area contributed by atoms with E-state index in [-0.39, 0.29) is 0 Å². The standard InChI is InChI=1S/C11H9ClOS2/c1-6-3-8(14-9(6)5-13)11-7(2)4-10(12)15-11/h3-5H,1-2H3. The van der Waals surface area contributed by atoms with E-state index in [2.05, 4.69) is 0 Å². The summed E-state index contributed by atoms with van der Waals surface area (Å²) >= 11 is 9.03. The Balaban J connectivity index is 2.54. The summed E-state index contributed by atoms with van der Waals surface area (Å²) in [6.07, 6.45) is 0.911. The second kappa shape index (κ2) is 4.08. The van der Waals surface area contributed by atoms with Gasteiger partial charge in [0.25, 0.3) is 0 Å². The van der Waals surface area contributed by atoms with Crippen LogP contribution >= 0.6 is 34.3 Å². The molecule has 0 aliphatic carbocycles. The van der Waals surface area contributed by atoms with Gasteiger partial charge in [0.1, 0.15) is 0 Å². The molecule has 15 heavy (non-hydrogen) atoms. The predicted molar refractivity (Wildman–Crippen MR) is 67.5 cm³/mol. The van der Waals surface area contributed by atoms with E-state index in [1.54, 1.807) is 11.3 Å². The summed E-state index contributed by atoms with van der Waals surface area (Å²) in [6.45, 7) is 3.99. The molecule has 0 saturated heterocycles. The molecule has 0 aromatic carbocycles. The van der Waals surface area contributed by atoms with Gasteiger partial charge in [-0.15, -0.1) is 22.7 Å². The summed E-state index contributed by atoms with van der Waals surface area (Å²) < 4.78 is 0.793. The van der Waals surface area contributed by atoms with Crippen molar-refractivity contribution < 1.29 is 4.79 Å². The third-order valence-corrected chi connectivity index (χ3v) is 4.88. The van der Waals surface area contributed by atoms with Crippen LogP contribution in [0.15, 0.2) is 12.1 Å². The number of hydrogen-bond acceptors (Lipinski definition) is 3.